The molecule has 0 bridgehead atoms. The molecule has 6 heteroatoms. The fraction of sp³-hybridized carbons (Fsp3) is 0.455. The van der Waals surface area contributed by atoms with E-state index in [-0.39, 0.29) is 22.3 Å². The molecule has 1 aliphatic heterocycles. The quantitative estimate of drug-likeness (QED) is 0.837. The third-order valence-corrected chi connectivity index (χ3v) is 3.14. The number of rotatable bonds is 2. The largest absolute Gasteiger partial charge is 0.348 e. The monoisotopic (exact) mass is 273 g/mol. The van der Waals surface area contributed by atoms with Crippen LogP contribution in [-0.4, -0.2) is 42.0 Å². The third-order valence-electron chi connectivity index (χ3n) is 2.75. The molecule has 0 radical (unpaired) electrons. The molecule has 1 saturated heterocycles. The number of hydrogen-bond acceptors (Lipinski definition) is 3. The van der Waals surface area contributed by atoms with Gasteiger partial charge in [0.05, 0.1) is 0 Å². The Hall–Kier alpha value is -0.840. The van der Waals surface area contributed by atoms with Gasteiger partial charge in [0.15, 0.2) is 0 Å². The summed E-state index contributed by atoms with van der Waals surface area (Å²) in [5.74, 6) is -0.156. The zero-order valence-corrected chi connectivity index (χ0v) is 10.9. The Kier molecular flexibility index (Phi) is 3.86. The summed E-state index contributed by atoms with van der Waals surface area (Å²) in [6.45, 7) is 1.88. The van der Waals surface area contributed by atoms with Crippen LogP contribution in [0.25, 0.3) is 0 Å². The average Bonchev–Trinajstić information content (AvgIpc) is 2.62. The van der Waals surface area contributed by atoms with Gasteiger partial charge in [0.25, 0.3) is 5.91 Å². The molecule has 1 aliphatic rings. The van der Waals surface area contributed by atoms with E-state index in [1.54, 1.807) is 0 Å². The maximum atomic E-state index is 11.9. The molecule has 0 aliphatic carbocycles. The van der Waals surface area contributed by atoms with Gasteiger partial charge in [0.1, 0.15) is 10.3 Å². The van der Waals surface area contributed by atoms with Gasteiger partial charge in [-0.2, -0.15) is 0 Å². The number of carbonyl (C=O) groups is 1. The summed E-state index contributed by atoms with van der Waals surface area (Å²) in [6.07, 6.45) is 0.967. The van der Waals surface area contributed by atoms with Crippen molar-refractivity contribution in [1.29, 1.82) is 0 Å². The summed E-state index contributed by atoms with van der Waals surface area (Å²) in [5.41, 5.74) is 0.449. The Morgan fingerprint density at radius 2 is 2.12 bits per heavy atom. The van der Waals surface area contributed by atoms with Gasteiger partial charge in [-0.1, -0.05) is 23.2 Å². The number of aromatic nitrogens is 1. The normalized spacial score (nSPS) is 20.5. The molecule has 0 spiro atoms. The van der Waals surface area contributed by atoms with Crippen LogP contribution in [0.3, 0.4) is 0 Å². The lowest BCUT2D eigenvalue weighted by Gasteiger charge is -2.13. The molecule has 1 aromatic rings. The van der Waals surface area contributed by atoms with E-state index in [1.807, 2.05) is 7.05 Å². The molecule has 1 amide bonds. The van der Waals surface area contributed by atoms with Gasteiger partial charge in [-0.3, -0.25) is 4.79 Å². The fourth-order valence-electron chi connectivity index (χ4n) is 1.92. The van der Waals surface area contributed by atoms with Crippen molar-refractivity contribution in [3.05, 3.63) is 28.0 Å². The van der Waals surface area contributed by atoms with Gasteiger partial charge in [0, 0.05) is 18.2 Å². The number of amides is 1. The van der Waals surface area contributed by atoms with Crippen molar-refractivity contribution in [1.82, 2.24) is 15.2 Å². The summed E-state index contributed by atoms with van der Waals surface area (Å²) >= 11 is 11.5. The topological polar surface area (TPSA) is 45.2 Å². The first-order valence-corrected chi connectivity index (χ1v) is 6.12. The van der Waals surface area contributed by atoms with Gasteiger partial charge in [-0.15, -0.1) is 0 Å². The van der Waals surface area contributed by atoms with Crippen molar-refractivity contribution >= 4 is 29.1 Å². The Morgan fingerprint density at radius 1 is 1.47 bits per heavy atom. The van der Waals surface area contributed by atoms with E-state index in [2.05, 4.69) is 15.2 Å². The zero-order chi connectivity index (χ0) is 12.4. The number of carbonyl (C=O) groups excluding carboxylic acids is 1. The first-order valence-electron chi connectivity index (χ1n) is 5.37. The first-order chi connectivity index (χ1) is 8.04. The number of pyridine rings is 1. The van der Waals surface area contributed by atoms with Crippen LogP contribution in [0, 0.1) is 0 Å². The van der Waals surface area contributed by atoms with E-state index in [0.717, 1.165) is 19.5 Å². The number of likely N-dealkylation sites (N-methyl/N-ethyl adjacent to an activating group) is 1. The molecule has 92 valence electrons. The molecule has 0 aromatic carbocycles. The van der Waals surface area contributed by atoms with Crippen molar-refractivity contribution in [2.75, 3.05) is 20.1 Å². The van der Waals surface area contributed by atoms with E-state index in [4.69, 9.17) is 23.2 Å². The molecule has 0 saturated carbocycles. The molecule has 2 rings (SSSR count). The Bertz CT molecular complexity index is 418. The van der Waals surface area contributed by atoms with Crippen molar-refractivity contribution in [2.45, 2.75) is 12.5 Å². The minimum atomic E-state index is -0.156. The maximum Gasteiger partial charge on any atom is 0.251 e. The van der Waals surface area contributed by atoms with Crippen LogP contribution in [0.15, 0.2) is 12.1 Å². The lowest BCUT2D eigenvalue weighted by atomic mass is 10.2. The van der Waals surface area contributed by atoms with E-state index in [0.29, 0.717) is 5.56 Å². The SMILES string of the molecule is CN1CCC(NC(=O)c2cc(Cl)nc(Cl)c2)C1. The molecule has 4 nitrogen and oxygen atoms in total. The highest BCUT2D eigenvalue weighted by Gasteiger charge is 2.21. The van der Waals surface area contributed by atoms with Crippen LogP contribution in [0.4, 0.5) is 0 Å². The van der Waals surface area contributed by atoms with Gasteiger partial charge in [-0.05, 0) is 32.1 Å². The summed E-state index contributed by atoms with van der Waals surface area (Å²) < 4.78 is 0. The molecular weight excluding hydrogens is 261 g/mol. The van der Waals surface area contributed by atoms with Gasteiger partial charge < -0.3 is 10.2 Å². The van der Waals surface area contributed by atoms with E-state index in [1.165, 1.54) is 12.1 Å². The summed E-state index contributed by atoms with van der Waals surface area (Å²) in [6, 6.07) is 3.22. The second-order valence-corrected chi connectivity index (χ2v) is 5.00. The van der Waals surface area contributed by atoms with Gasteiger partial charge in [0.2, 0.25) is 0 Å². The van der Waals surface area contributed by atoms with E-state index < -0.39 is 0 Å². The zero-order valence-electron chi connectivity index (χ0n) is 9.41. The van der Waals surface area contributed by atoms with Gasteiger partial charge in [-0.25, -0.2) is 4.98 Å². The lowest BCUT2D eigenvalue weighted by molar-refractivity contribution is 0.0938. The van der Waals surface area contributed by atoms with Crippen LogP contribution >= 0.6 is 23.2 Å². The van der Waals surface area contributed by atoms with Crippen LogP contribution in [0.5, 0.6) is 0 Å². The standard InChI is InChI=1S/C11H13Cl2N3O/c1-16-3-2-8(6-16)14-11(17)7-4-9(12)15-10(13)5-7/h4-5,8H,2-3,6H2,1H3,(H,14,17). The Balaban J connectivity index is 2.04. The predicted octanol–water partition coefficient (Wildman–Crippen LogP) is 1.82. The maximum absolute atomic E-state index is 11.9. The minimum absolute atomic E-state index is 0.156. The smallest absolute Gasteiger partial charge is 0.251 e. The van der Waals surface area contributed by atoms with Crippen LogP contribution in [0.1, 0.15) is 16.8 Å². The van der Waals surface area contributed by atoms with Crippen molar-refractivity contribution in [3.63, 3.8) is 0 Å². The highest BCUT2D eigenvalue weighted by atomic mass is 35.5. The number of hydrogen-bond donors (Lipinski definition) is 1. The number of halogens is 2. The Labute approximate surface area is 110 Å². The summed E-state index contributed by atoms with van der Waals surface area (Å²) in [7, 11) is 2.03. The molecule has 1 atom stereocenters. The molecule has 17 heavy (non-hydrogen) atoms. The molecule has 2 heterocycles. The number of likely N-dealkylation sites (tertiary alicyclic amines) is 1. The van der Waals surface area contributed by atoms with Crippen molar-refractivity contribution < 1.29 is 4.79 Å². The second kappa shape index (κ2) is 5.21. The van der Waals surface area contributed by atoms with E-state index in [9.17, 15) is 4.79 Å². The lowest BCUT2D eigenvalue weighted by Crippen LogP contribution is -2.36. The predicted molar refractivity (Wildman–Crippen MR) is 67.6 cm³/mol. The first kappa shape index (κ1) is 12.6. The molecular formula is C11H13Cl2N3O. The minimum Gasteiger partial charge on any atom is -0.348 e. The number of nitrogens with zero attached hydrogens (tertiary/aromatic N) is 2. The summed E-state index contributed by atoms with van der Waals surface area (Å²) in [5, 5.41) is 3.41. The van der Waals surface area contributed by atoms with Crippen LogP contribution in [-0.2, 0) is 0 Å². The van der Waals surface area contributed by atoms with Gasteiger partial charge >= 0.3 is 0 Å². The van der Waals surface area contributed by atoms with Crippen molar-refractivity contribution in [2.24, 2.45) is 0 Å². The molecule has 1 N–H and O–H groups in total. The van der Waals surface area contributed by atoms with E-state index >= 15 is 0 Å². The molecule has 1 aromatic heterocycles. The highest BCUT2D eigenvalue weighted by Crippen LogP contribution is 2.15. The molecule has 1 unspecified atom stereocenters. The number of nitrogens with one attached hydrogen (secondary N) is 1. The van der Waals surface area contributed by atoms with Crippen LogP contribution in [0.2, 0.25) is 10.3 Å². The fourth-order valence-corrected chi connectivity index (χ4v) is 2.38. The van der Waals surface area contributed by atoms with Crippen molar-refractivity contribution in [3.8, 4) is 0 Å². The third kappa shape index (κ3) is 3.31. The molecule has 1 fully saturated rings. The highest BCUT2D eigenvalue weighted by molar-refractivity contribution is 6.33. The summed E-state index contributed by atoms with van der Waals surface area (Å²) in [4.78, 5) is 17.9. The average molecular weight is 274 g/mol. The van der Waals surface area contributed by atoms with Crippen LogP contribution < -0.4 is 5.32 Å². The Morgan fingerprint density at radius 3 is 2.65 bits per heavy atom. The second-order valence-electron chi connectivity index (χ2n) is 4.22.